The number of aromatic nitrogens is 1. The predicted octanol–water partition coefficient (Wildman–Crippen LogP) is 3.68. The summed E-state index contributed by atoms with van der Waals surface area (Å²) < 4.78 is 1.03. The first kappa shape index (κ1) is 16.6. The topological polar surface area (TPSA) is 54.0 Å². The molecule has 0 spiro atoms. The first-order chi connectivity index (χ1) is 10.1. The van der Waals surface area contributed by atoms with E-state index in [1.807, 2.05) is 24.8 Å². The molecule has 1 aromatic heterocycles. The predicted molar refractivity (Wildman–Crippen MR) is 93.1 cm³/mol. The molecule has 21 heavy (non-hydrogen) atoms. The SMILES string of the molecule is CCNc1ncc(Br)cc1C(=O)NCC1(SC)CCCC1. The molecule has 1 fully saturated rings. The van der Waals surface area contributed by atoms with Crippen LogP contribution in [-0.2, 0) is 0 Å². The summed E-state index contributed by atoms with van der Waals surface area (Å²) in [5.41, 5.74) is 0.598. The summed E-state index contributed by atoms with van der Waals surface area (Å²) in [6.45, 7) is 3.46. The van der Waals surface area contributed by atoms with Gasteiger partial charge in [-0.15, -0.1) is 0 Å². The minimum absolute atomic E-state index is 0.0555. The lowest BCUT2D eigenvalue weighted by Crippen LogP contribution is -2.38. The Hall–Kier alpha value is -0.750. The molecule has 0 unspecified atom stereocenters. The lowest BCUT2D eigenvalue weighted by Gasteiger charge is -2.27. The number of nitrogens with one attached hydrogen (secondary N) is 2. The number of anilines is 1. The minimum Gasteiger partial charge on any atom is -0.370 e. The van der Waals surface area contributed by atoms with Crippen LogP contribution >= 0.6 is 27.7 Å². The Bertz CT molecular complexity index is 504. The Morgan fingerprint density at radius 2 is 2.19 bits per heavy atom. The average molecular weight is 372 g/mol. The number of carbonyl (C=O) groups is 1. The van der Waals surface area contributed by atoms with Crippen LogP contribution in [0.5, 0.6) is 0 Å². The van der Waals surface area contributed by atoms with E-state index in [-0.39, 0.29) is 10.7 Å². The van der Waals surface area contributed by atoms with Gasteiger partial charge in [0.15, 0.2) is 0 Å². The number of rotatable bonds is 6. The molecular weight excluding hydrogens is 350 g/mol. The molecule has 1 aromatic rings. The van der Waals surface area contributed by atoms with E-state index in [0.29, 0.717) is 11.4 Å². The van der Waals surface area contributed by atoms with Gasteiger partial charge in [0.05, 0.1) is 5.56 Å². The van der Waals surface area contributed by atoms with Gasteiger partial charge in [-0.05, 0) is 48.0 Å². The maximum atomic E-state index is 12.5. The van der Waals surface area contributed by atoms with Crippen molar-refractivity contribution in [3.63, 3.8) is 0 Å². The molecule has 1 heterocycles. The van der Waals surface area contributed by atoms with Crippen molar-refractivity contribution in [3.05, 3.63) is 22.3 Å². The van der Waals surface area contributed by atoms with Gasteiger partial charge in [-0.3, -0.25) is 4.79 Å². The van der Waals surface area contributed by atoms with Crippen molar-refractivity contribution in [1.29, 1.82) is 0 Å². The second-order valence-corrected chi connectivity index (χ2v) is 7.55. The van der Waals surface area contributed by atoms with Gasteiger partial charge in [-0.25, -0.2) is 4.98 Å². The maximum absolute atomic E-state index is 12.5. The van der Waals surface area contributed by atoms with E-state index in [0.717, 1.165) is 17.6 Å². The lowest BCUT2D eigenvalue weighted by molar-refractivity contribution is 0.0950. The molecule has 1 aliphatic carbocycles. The molecule has 0 aliphatic heterocycles. The molecule has 2 rings (SSSR count). The van der Waals surface area contributed by atoms with Crippen LogP contribution in [0.2, 0.25) is 0 Å². The van der Waals surface area contributed by atoms with E-state index in [1.165, 1.54) is 25.7 Å². The van der Waals surface area contributed by atoms with Crippen molar-refractivity contribution in [1.82, 2.24) is 10.3 Å². The van der Waals surface area contributed by atoms with Gasteiger partial charge < -0.3 is 10.6 Å². The van der Waals surface area contributed by atoms with Crippen LogP contribution in [0.1, 0.15) is 43.0 Å². The van der Waals surface area contributed by atoms with Crippen molar-refractivity contribution < 1.29 is 4.79 Å². The Morgan fingerprint density at radius 1 is 1.48 bits per heavy atom. The number of pyridine rings is 1. The Labute approximate surface area is 139 Å². The van der Waals surface area contributed by atoms with Crippen LogP contribution < -0.4 is 10.6 Å². The van der Waals surface area contributed by atoms with Gasteiger partial charge in [0.1, 0.15) is 5.82 Å². The Balaban J connectivity index is 2.07. The quantitative estimate of drug-likeness (QED) is 0.800. The maximum Gasteiger partial charge on any atom is 0.255 e. The van der Waals surface area contributed by atoms with E-state index < -0.39 is 0 Å². The third kappa shape index (κ3) is 4.13. The number of halogens is 1. The molecule has 6 heteroatoms. The number of hydrogen-bond donors (Lipinski definition) is 2. The van der Waals surface area contributed by atoms with Crippen LogP contribution in [-0.4, -0.2) is 35.0 Å². The zero-order valence-corrected chi connectivity index (χ0v) is 14.9. The van der Waals surface area contributed by atoms with Crippen molar-refractivity contribution in [2.75, 3.05) is 24.7 Å². The lowest BCUT2D eigenvalue weighted by atomic mass is 10.1. The highest BCUT2D eigenvalue weighted by Gasteiger charge is 2.33. The summed E-state index contributed by atoms with van der Waals surface area (Å²) >= 11 is 5.26. The molecule has 116 valence electrons. The first-order valence-electron chi connectivity index (χ1n) is 7.33. The van der Waals surface area contributed by atoms with Crippen molar-refractivity contribution in [2.45, 2.75) is 37.4 Å². The summed E-state index contributed by atoms with van der Waals surface area (Å²) in [4.78, 5) is 16.8. The van der Waals surface area contributed by atoms with E-state index in [1.54, 1.807) is 6.20 Å². The second kappa shape index (κ2) is 7.49. The standard InChI is InChI=1S/C15H22BrN3OS/c1-3-17-13-12(8-11(16)9-18-13)14(20)19-10-15(21-2)6-4-5-7-15/h8-9H,3-7,10H2,1-2H3,(H,17,18)(H,19,20). The number of thioether (sulfide) groups is 1. The largest absolute Gasteiger partial charge is 0.370 e. The van der Waals surface area contributed by atoms with Crippen LogP contribution in [0.3, 0.4) is 0 Å². The number of hydrogen-bond acceptors (Lipinski definition) is 4. The fraction of sp³-hybridized carbons (Fsp3) is 0.600. The molecule has 0 saturated heterocycles. The van der Waals surface area contributed by atoms with Crippen molar-refractivity contribution in [3.8, 4) is 0 Å². The highest BCUT2D eigenvalue weighted by molar-refractivity contribution is 9.10. The van der Waals surface area contributed by atoms with E-state index in [2.05, 4.69) is 37.8 Å². The third-order valence-corrected chi connectivity index (χ3v) is 5.81. The van der Waals surface area contributed by atoms with E-state index in [4.69, 9.17) is 0 Å². The molecule has 1 aliphatic rings. The molecule has 0 aromatic carbocycles. The molecule has 1 amide bonds. The third-order valence-electron chi connectivity index (χ3n) is 3.96. The van der Waals surface area contributed by atoms with Crippen LogP contribution in [0.4, 0.5) is 5.82 Å². The number of amides is 1. The summed E-state index contributed by atoms with van der Waals surface area (Å²) in [6.07, 6.45) is 8.74. The van der Waals surface area contributed by atoms with Gasteiger partial charge in [-0.1, -0.05) is 12.8 Å². The molecule has 2 N–H and O–H groups in total. The van der Waals surface area contributed by atoms with Crippen molar-refractivity contribution in [2.24, 2.45) is 0 Å². The van der Waals surface area contributed by atoms with Gasteiger partial charge in [0, 0.05) is 28.5 Å². The van der Waals surface area contributed by atoms with Crippen LogP contribution in [0.15, 0.2) is 16.7 Å². The van der Waals surface area contributed by atoms with Gasteiger partial charge >= 0.3 is 0 Å². The molecule has 1 saturated carbocycles. The smallest absolute Gasteiger partial charge is 0.255 e. The summed E-state index contributed by atoms with van der Waals surface area (Å²) in [5, 5.41) is 6.24. The zero-order chi connectivity index (χ0) is 15.3. The second-order valence-electron chi connectivity index (χ2n) is 5.36. The number of carbonyl (C=O) groups excluding carboxylic acids is 1. The summed E-state index contributed by atoms with van der Waals surface area (Å²) in [7, 11) is 0. The highest BCUT2D eigenvalue weighted by Crippen LogP contribution is 2.39. The summed E-state index contributed by atoms with van der Waals surface area (Å²) in [6, 6.07) is 1.82. The zero-order valence-electron chi connectivity index (χ0n) is 12.5. The van der Waals surface area contributed by atoms with Gasteiger partial charge in [0.25, 0.3) is 5.91 Å². The van der Waals surface area contributed by atoms with E-state index >= 15 is 0 Å². The highest BCUT2D eigenvalue weighted by atomic mass is 79.9. The first-order valence-corrected chi connectivity index (χ1v) is 9.35. The average Bonchev–Trinajstić information content (AvgIpc) is 2.96. The fourth-order valence-electron chi connectivity index (χ4n) is 2.73. The Kier molecular flexibility index (Phi) is 5.93. The van der Waals surface area contributed by atoms with Gasteiger partial charge in [-0.2, -0.15) is 11.8 Å². The molecule has 0 atom stereocenters. The number of nitrogens with zero attached hydrogens (tertiary/aromatic N) is 1. The summed E-state index contributed by atoms with van der Waals surface area (Å²) in [5.74, 6) is 0.586. The molecule has 0 bridgehead atoms. The van der Waals surface area contributed by atoms with Gasteiger partial charge in [0.2, 0.25) is 0 Å². The molecule has 4 nitrogen and oxygen atoms in total. The monoisotopic (exact) mass is 371 g/mol. The minimum atomic E-state index is -0.0555. The van der Waals surface area contributed by atoms with Crippen LogP contribution in [0, 0.1) is 0 Å². The van der Waals surface area contributed by atoms with E-state index in [9.17, 15) is 4.79 Å². The molecule has 0 radical (unpaired) electrons. The van der Waals surface area contributed by atoms with Crippen LogP contribution in [0.25, 0.3) is 0 Å². The molecular formula is C15H22BrN3OS. The normalized spacial score (nSPS) is 16.7. The Morgan fingerprint density at radius 3 is 2.81 bits per heavy atom. The van der Waals surface area contributed by atoms with Crippen molar-refractivity contribution >= 4 is 39.4 Å². The fourth-order valence-corrected chi connectivity index (χ4v) is 3.97.